The molecule has 0 aromatic carbocycles. The fourth-order valence-electron chi connectivity index (χ4n) is 3.55. The van der Waals surface area contributed by atoms with E-state index < -0.39 is 60.0 Å². The first-order valence-corrected chi connectivity index (χ1v) is 9.10. The molecule has 0 bridgehead atoms. The van der Waals surface area contributed by atoms with Crippen LogP contribution in [0.25, 0.3) is 11.2 Å². The van der Waals surface area contributed by atoms with E-state index in [1.807, 2.05) is 0 Å². The van der Waals surface area contributed by atoms with Gasteiger partial charge in [0.15, 0.2) is 29.6 Å². The van der Waals surface area contributed by atoms with E-state index in [0.29, 0.717) is 0 Å². The van der Waals surface area contributed by atoms with Crippen molar-refractivity contribution in [2.24, 2.45) is 0 Å². The Morgan fingerprint density at radius 1 is 1.13 bits per heavy atom. The Morgan fingerprint density at radius 3 is 2.48 bits per heavy atom. The second-order valence-corrected chi connectivity index (χ2v) is 6.92. The molecule has 14 nitrogen and oxygen atoms in total. The lowest BCUT2D eigenvalue weighted by atomic mass is 10.1. The number of aromatic amines is 1. The van der Waals surface area contributed by atoms with Crippen LogP contribution < -0.4 is 10.9 Å². The van der Waals surface area contributed by atoms with E-state index >= 15 is 0 Å². The van der Waals surface area contributed by atoms with Gasteiger partial charge in [-0.05, 0) is 0 Å². The van der Waals surface area contributed by atoms with Crippen LogP contribution in [0.2, 0.25) is 0 Å². The number of amides is 1. The Kier molecular flexibility index (Phi) is 4.93. The maximum Gasteiger partial charge on any atom is 0.350 e. The van der Waals surface area contributed by atoms with Crippen molar-refractivity contribution >= 4 is 40.9 Å². The van der Waals surface area contributed by atoms with Crippen LogP contribution in [0, 0.1) is 0 Å². The number of imidazole rings is 1. The molecule has 2 aromatic heterocycles. The van der Waals surface area contributed by atoms with Crippen molar-refractivity contribution in [3.8, 4) is 0 Å². The van der Waals surface area contributed by atoms with Gasteiger partial charge in [-0.1, -0.05) is 0 Å². The van der Waals surface area contributed by atoms with E-state index in [4.69, 9.17) is 18.9 Å². The number of ether oxygens (including phenoxy) is 4. The molecule has 4 rings (SSSR count). The highest BCUT2D eigenvalue weighted by Crippen LogP contribution is 2.41. The molecule has 2 fully saturated rings. The first-order chi connectivity index (χ1) is 14.7. The zero-order chi connectivity index (χ0) is 22.4. The summed E-state index contributed by atoms with van der Waals surface area (Å²) in [7, 11) is 0. The number of aromatic nitrogens is 4. The smallest absolute Gasteiger partial charge is 0.350 e. The number of anilines is 1. The predicted molar refractivity (Wildman–Crippen MR) is 97.4 cm³/mol. The fourth-order valence-corrected chi connectivity index (χ4v) is 3.55. The van der Waals surface area contributed by atoms with Gasteiger partial charge in [0.05, 0.1) is 6.33 Å². The van der Waals surface area contributed by atoms with Crippen LogP contribution in [0.15, 0.2) is 11.1 Å². The summed E-state index contributed by atoms with van der Waals surface area (Å²) in [6.45, 7) is 3.53. The molecule has 1 amide bonds. The lowest BCUT2D eigenvalue weighted by Crippen LogP contribution is -2.36. The van der Waals surface area contributed by atoms with Gasteiger partial charge in [-0.3, -0.25) is 34.0 Å². The summed E-state index contributed by atoms with van der Waals surface area (Å²) in [5.41, 5.74) is -0.672. The molecule has 0 aliphatic carbocycles. The maximum atomic E-state index is 12.3. The SMILES string of the molecule is CC(=O)Nc1nc2c(ncn2[C@@H]2O[C@H]3[C@H](OC(=O)[C@H]3OC(C)=O)[C@H]2OC(C)=O)c(=O)[nH]1. The Bertz CT molecular complexity index is 1150. The minimum Gasteiger partial charge on any atom is -0.454 e. The number of esters is 3. The number of nitrogens with zero attached hydrogens (tertiary/aromatic N) is 3. The fraction of sp³-hybridized carbons (Fsp3) is 0.471. The van der Waals surface area contributed by atoms with Gasteiger partial charge in [0.1, 0.15) is 6.10 Å². The van der Waals surface area contributed by atoms with Crippen LogP contribution in [0.4, 0.5) is 5.95 Å². The Morgan fingerprint density at radius 2 is 1.84 bits per heavy atom. The minimum atomic E-state index is -1.35. The van der Waals surface area contributed by atoms with Crippen LogP contribution in [0.3, 0.4) is 0 Å². The molecule has 0 radical (unpaired) electrons. The topological polar surface area (TPSA) is 181 Å². The molecule has 0 unspecified atom stereocenters. The van der Waals surface area contributed by atoms with Gasteiger partial charge in [-0.15, -0.1) is 0 Å². The minimum absolute atomic E-state index is 0.0185. The second-order valence-electron chi connectivity index (χ2n) is 6.92. The Labute approximate surface area is 172 Å². The molecule has 31 heavy (non-hydrogen) atoms. The van der Waals surface area contributed by atoms with Crippen molar-refractivity contribution in [3.63, 3.8) is 0 Å². The van der Waals surface area contributed by atoms with Crippen molar-refractivity contribution in [3.05, 3.63) is 16.7 Å². The van der Waals surface area contributed by atoms with Gasteiger partial charge in [0.2, 0.25) is 18.0 Å². The van der Waals surface area contributed by atoms with E-state index in [2.05, 4.69) is 20.3 Å². The standard InChI is InChI=1S/C17H17N5O9/c1-5(23)19-17-20-13-8(14(26)21-17)18-4-22(13)15-11(28-6(2)24)9-10(30-15)12(16(27)31-9)29-7(3)25/h4,9-12,15H,1-3H3,(H2,19,20,21,23,26)/t9-,10-,11+,12-,15+/m0/s1. The zero-order valence-corrected chi connectivity index (χ0v) is 16.5. The highest BCUT2D eigenvalue weighted by atomic mass is 16.7. The van der Waals surface area contributed by atoms with Crippen molar-refractivity contribution in [1.29, 1.82) is 0 Å². The van der Waals surface area contributed by atoms with Gasteiger partial charge >= 0.3 is 17.9 Å². The van der Waals surface area contributed by atoms with Crippen LogP contribution in [0.5, 0.6) is 0 Å². The summed E-state index contributed by atoms with van der Waals surface area (Å²) in [5, 5.41) is 2.36. The highest BCUT2D eigenvalue weighted by molar-refractivity contribution is 5.87. The van der Waals surface area contributed by atoms with Gasteiger partial charge in [-0.2, -0.15) is 4.98 Å². The molecular weight excluding hydrogens is 418 g/mol. The molecule has 0 saturated carbocycles. The summed E-state index contributed by atoms with van der Waals surface area (Å²) < 4.78 is 22.8. The molecular formula is C17H17N5O9. The van der Waals surface area contributed by atoms with E-state index in [-0.39, 0.29) is 17.1 Å². The number of H-pyrrole nitrogens is 1. The van der Waals surface area contributed by atoms with Gasteiger partial charge < -0.3 is 18.9 Å². The third-order valence-corrected chi connectivity index (χ3v) is 4.60. The maximum absolute atomic E-state index is 12.3. The van der Waals surface area contributed by atoms with Crippen LogP contribution in [-0.2, 0) is 38.1 Å². The molecule has 0 spiro atoms. The molecule has 4 heterocycles. The summed E-state index contributed by atoms with van der Waals surface area (Å²) in [5.74, 6) is -2.83. The summed E-state index contributed by atoms with van der Waals surface area (Å²) >= 11 is 0. The van der Waals surface area contributed by atoms with Crippen LogP contribution in [0.1, 0.15) is 27.0 Å². The number of hydrogen-bond donors (Lipinski definition) is 2. The summed E-state index contributed by atoms with van der Waals surface area (Å²) in [6.07, 6.45) is -4.52. The Balaban J connectivity index is 1.76. The van der Waals surface area contributed by atoms with Crippen LogP contribution >= 0.6 is 0 Å². The monoisotopic (exact) mass is 435 g/mol. The number of carbonyl (C=O) groups excluding carboxylic acids is 4. The van der Waals surface area contributed by atoms with Crippen LogP contribution in [-0.4, -0.2) is 67.7 Å². The normalized spacial score (nSPS) is 26.9. The first kappa shape index (κ1) is 20.5. The van der Waals surface area contributed by atoms with Crippen molar-refractivity contribution < 1.29 is 38.1 Å². The average Bonchev–Trinajstić information content (AvgIpc) is 3.29. The average molecular weight is 435 g/mol. The Hall–Kier alpha value is -3.81. The molecule has 5 atom stereocenters. The number of rotatable bonds is 4. The predicted octanol–water partition coefficient (Wildman–Crippen LogP) is -1.24. The van der Waals surface area contributed by atoms with Gasteiger partial charge in [0.25, 0.3) is 5.56 Å². The highest BCUT2D eigenvalue weighted by Gasteiger charge is 2.61. The number of hydrogen-bond acceptors (Lipinski definition) is 11. The molecule has 2 N–H and O–H groups in total. The third kappa shape index (κ3) is 3.61. The van der Waals surface area contributed by atoms with Gasteiger partial charge in [0, 0.05) is 20.8 Å². The largest absolute Gasteiger partial charge is 0.454 e. The molecule has 2 aliphatic rings. The van der Waals surface area contributed by atoms with E-state index in [0.717, 1.165) is 13.8 Å². The van der Waals surface area contributed by atoms with Gasteiger partial charge in [-0.25, -0.2) is 9.78 Å². The number of nitrogens with one attached hydrogen (secondary N) is 2. The first-order valence-electron chi connectivity index (χ1n) is 9.10. The van der Waals surface area contributed by atoms with E-state index in [1.165, 1.54) is 17.8 Å². The lowest BCUT2D eigenvalue weighted by Gasteiger charge is -2.22. The molecule has 2 aliphatic heterocycles. The number of carbonyl (C=O) groups is 4. The quantitative estimate of drug-likeness (QED) is 0.433. The molecule has 14 heteroatoms. The lowest BCUT2D eigenvalue weighted by molar-refractivity contribution is -0.174. The zero-order valence-electron chi connectivity index (χ0n) is 16.5. The number of fused-ring (bicyclic) bond motifs is 2. The summed E-state index contributed by atoms with van der Waals surface area (Å²) in [4.78, 5) is 69.4. The molecule has 164 valence electrons. The second kappa shape index (κ2) is 7.46. The van der Waals surface area contributed by atoms with Crippen molar-refractivity contribution in [2.75, 3.05) is 5.32 Å². The molecule has 2 aromatic rings. The van der Waals surface area contributed by atoms with E-state index in [9.17, 15) is 24.0 Å². The van der Waals surface area contributed by atoms with Crippen molar-refractivity contribution in [2.45, 2.75) is 51.4 Å². The van der Waals surface area contributed by atoms with E-state index in [1.54, 1.807) is 0 Å². The van der Waals surface area contributed by atoms with Crippen molar-refractivity contribution in [1.82, 2.24) is 19.5 Å². The summed E-state index contributed by atoms with van der Waals surface area (Å²) in [6, 6.07) is 0. The molecule has 2 saturated heterocycles. The third-order valence-electron chi connectivity index (χ3n) is 4.60.